The monoisotopic (exact) mass is 293 g/mol. The zero-order chi connectivity index (χ0) is 14.5. The van der Waals surface area contributed by atoms with Crippen LogP contribution in [0.2, 0.25) is 0 Å². The minimum absolute atomic E-state index is 0. The normalized spacial score (nSPS) is 9.65. The van der Waals surface area contributed by atoms with E-state index in [1.165, 1.54) is 6.42 Å². The van der Waals surface area contributed by atoms with Gasteiger partial charge in [-0.05, 0) is 19.8 Å². The van der Waals surface area contributed by atoms with E-state index in [4.69, 9.17) is 9.84 Å². The molecule has 20 heavy (non-hydrogen) atoms. The maximum atomic E-state index is 11.1. The van der Waals surface area contributed by atoms with Crippen molar-refractivity contribution in [2.75, 3.05) is 6.61 Å². The third kappa shape index (κ3) is 15.7. The van der Waals surface area contributed by atoms with Crippen LogP contribution in [0.4, 0.5) is 0 Å². The number of ether oxygens (including phenoxy) is 1. The first kappa shape index (κ1) is 22.0. The van der Waals surface area contributed by atoms with Crippen LogP contribution in [0.25, 0.3) is 0 Å². The van der Waals surface area contributed by atoms with Gasteiger partial charge < -0.3 is 9.84 Å². The van der Waals surface area contributed by atoms with E-state index in [9.17, 15) is 9.59 Å². The van der Waals surface area contributed by atoms with Gasteiger partial charge in [-0.25, -0.2) is 4.79 Å². The minimum Gasteiger partial charge on any atom is -0.481 e. The number of carbonyl (C=O) groups excluding carboxylic acids is 1. The first-order chi connectivity index (χ1) is 9.04. The van der Waals surface area contributed by atoms with Crippen molar-refractivity contribution in [1.82, 2.24) is 0 Å². The van der Waals surface area contributed by atoms with E-state index >= 15 is 0 Å². The molecule has 111 valence electrons. The van der Waals surface area contributed by atoms with Crippen LogP contribution in [0.15, 0.2) is 12.2 Å². The van der Waals surface area contributed by atoms with Crippen molar-refractivity contribution in [3.8, 4) is 0 Å². The number of hydrogen-bond donors (Lipinski definition) is 1. The van der Waals surface area contributed by atoms with Gasteiger partial charge in [-0.1, -0.05) is 45.1 Å². The molecule has 0 bridgehead atoms. The number of carboxylic acid groups (broad SMARTS) is 1. The van der Waals surface area contributed by atoms with Crippen LogP contribution in [-0.2, 0) is 14.3 Å². The molecule has 0 atom stereocenters. The summed E-state index contributed by atoms with van der Waals surface area (Å²) in [6.07, 6.45) is 8.62. The smallest absolute Gasteiger partial charge is 0.333 e. The van der Waals surface area contributed by atoms with E-state index in [1.54, 1.807) is 6.92 Å². The summed E-state index contributed by atoms with van der Waals surface area (Å²) in [5, 5.41) is 8.47. The van der Waals surface area contributed by atoms with Crippen molar-refractivity contribution in [1.29, 1.82) is 0 Å². The molecule has 0 saturated heterocycles. The van der Waals surface area contributed by atoms with Crippen molar-refractivity contribution in [2.24, 2.45) is 0 Å². The molecule has 0 aromatic heterocycles. The Kier molecular flexibility index (Phi) is 16.6. The second kappa shape index (κ2) is 15.1. The van der Waals surface area contributed by atoms with Gasteiger partial charge >= 0.3 is 11.9 Å². The molecule has 1 radical (unpaired) electrons. The fourth-order valence-electron chi connectivity index (χ4n) is 1.73. The van der Waals surface area contributed by atoms with E-state index < -0.39 is 5.97 Å². The summed E-state index contributed by atoms with van der Waals surface area (Å²) in [7, 11) is 0. The summed E-state index contributed by atoms with van der Waals surface area (Å²) < 4.78 is 4.99. The van der Waals surface area contributed by atoms with Gasteiger partial charge in [-0.3, -0.25) is 4.79 Å². The Morgan fingerprint density at radius 2 is 1.40 bits per heavy atom. The summed E-state index contributed by atoms with van der Waals surface area (Å²) >= 11 is 0. The summed E-state index contributed by atoms with van der Waals surface area (Å²) in [4.78, 5) is 21.3. The first-order valence-electron chi connectivity index (χ1n) is 7.08. The predicted octanol–water partition coefficient (Wildman–Crippen LogP) is 3.32. The largest absolute Gasteiger partial charge is 0.481 e. The van der Waals surface area contributed by atoms with Gasteiger partial charge in [-0.15, -0.1) is 0 Å². The third-order valence-electron chi connectivity index (χ3n) is 2.87. The molecule has 4 nitrogen and oxygen atoms in total. The summed E-state index contributed by atoms with van der Waals surface area (Å²) in [5.41, 5.74) is 0.446. The zero-order valence-electron chi connectivity index (χ0n) is 13.0. The van der Waals surface area contributed by atoms with Gasteiger partial charge in [0.2, 0.25) is 0 Å². The Balaban J connectivity index is 0. The van der Waals surface area contributed by atoms with Gasteiger partial charge in [0.05, 0.1) is 6.61 Å². The van der Waals surface area contributed by atoms with Crippen LogP contribution in [0.3, 0.4) is 0 Å². The van der Waals surface area contributed by atoms with Gasteiger partial charge in [0.1, 0.15) is 0 Å². The number of aliphatic carboxylic acids is 1. The van der Waals surface area contributed by atoms with Crippen molar-refractivity contribution < 1.29 is 19.4 Å². The Labute approximate surface area is 144 Å². The molecule has 0 unspecified atom stereocenters. The second-order valence-electron chi connectivity index (χ2n) is 4.89. The van der Waals surface area contributed by atoms with Crippen LogP contribution in [0.5, 0.6) is 0 Å². The molecule has 0 rings (SSSR count). The number of rotatable bonds is 12. The molecule has 0 aromatic rings. The molecular weight excluding hydrogens is 267 g/mol. The second-order valence-corrected chi connectivity index (χ2v) is 4.89. The number of carboxylic acids is 1. The minimum atomic E-state index is -0.704. The van der Waals surface area contributed by atoms with Crippen LogP contribution >= 0.6 is 0 Å². The maximum Gasteiger partial charge on any atom is 0.333 e. The topological polar surface area (TPSA) is 63.6 Å². The number of carbonyl (C=O) groups is 2. The van der Waals surface area contributed by atoms with E-state index in [1.807, 2.05) is 0 Å². The van der Waals surface area contributed by atoms with Crippen molar-refractivity contribution >= 4 is 41.5 Å². The average molecular weight is 293 g/mol. The third-order valence-corrected chi connectivity index (χ3v) is 2.87. The molecule has 1 N–H and O–H groups in total. The predicted molar refractivity (Wildman–Crippen MR) is 80.7 cm³/mol. The van der Waals surface area contributed by atoms with Crippen LogP contribution in [-0.4, -0.2) is 53.2 Å². The summed E-state index contributed by atoms with van der Waals surface area (Å²) in [6, 6.07) is 0. The summed E-state index contributed by atoms with van der Waals surface area (Å²) in [6.45, 7) is 5.64. The Morgan fingerprint density at radius 3 is 1.85 bits per heavy atom. The molecule has 0 aliphatic heterocycles. The van der Waals surface area contributed by atoms with Crippen LogP contribution < -0.4 is 0 Å². The molecular formula is C15H26NaO4. The molecule has 0 spiro atoms. The maximum absolute atomic E-state index is 11.1. The SMILES string of the molecule is C=C(C)C(=O)OCCCCCCCCCCC(=O)O.[Na]. The molecule has 5 heteroatoms. The number of esters is 1. The Hall–Kier alpha value is -0.320. The van der Waals surface area contributed by atoms with Gasteiger partial charge in [0.25, 0.3) is 0 Å². The van der Waals surface area contributed by atoms with Gasteiger partial charge in [0, 0.05) is 41.6 Å². The fourth-order valence-corrected chi connectivity index (χ4v) is 1.73. The number of hydrogen-bond acceptors (Lipinski definition) is 3. The molecule has 0 aliphatic carbocycles. The molecule has 0 saturated carbocycles. The fraction of sp³-hybridized carbons (Fsp3) is 0.733. The van der Waals surface area contributed by atoms with E-state index in [0.29, 0.717) is 12.2 Å². The quantitative estimate of drug-likeness (QED) is 0.259. The standard InChI is InChI=1S/C15H26O4.Na/c1-13(2)15(18)19-12-10-8-6-4-3-5-7-9-11-14(16)17;/h1,3-12H2,2H3,(H,16,17);. The molecule has 0 heterocycles. The van der Waals surface area contributed by atoms with Gasteiger partial charge in [-0.2, -0.15) is 0 Å². The molecule has 0 aromatic carbocycles. The van der Waals surface area contributed by atoms with E-state index in [2.05, 4.69) is 6.58 Å². The van der Waals surface area contributed by atoms with Crippen molar-refractivity contribution in [3.63, 3.8) is 0 Å². The average Bonchev–Trinajstić information content (AvgIpc) is 2.35. The molecule has 0 fully saturated rings. The Morgan fingerprint density at radius 1 is 0.950 bits per heavy atom. The van der Waals surface area contributed by atoms with Crippen molar-refractivity contribution in [2.45, 2.75) is 64.7 Å². The molecule has 0 aliphatic rings. The summed E-state index contributed by atoms with van der Waals surface area (Å²) in [5.74, 6) is -1.01. The number of unbranched alkanes of at least 4 members (excludes halogenated alkanes) is 7. The van der Waals surface area contributed by atoms with Crippen molar-refractivity contribution in [3.05, 3.63) is 12.2 Å². The van der Waals surface area contributed by atoms with Crippen LogP contribution in [0, 0.1) is 0 Å². The van der Waals surface area contributed by atoms with Crippen LogP contribution in [0.1, 0.15) is 64.7 Å². The van der Waals surface area contributed by atoms with E-state index in [0.717, 1.165) is 44.9 Å². The first-order valence-corrected chi connectivity index (χ1v) is 7.08. The Bertz CT molecular complexity index is 290. The van der Waals surface area contributed by atoms with E-state index in [-0.39, 0.29) is 41.9 Å². The molecule has 0 amide bonds. The zero-order valence-corrected chi connectivity index (χ0v) is 15.0. The van der Waals surface area contributed by atoms with Gasteiger partial charge in [0.15, 0.2) is 0 Å².